The molecule has 0 spiro atoms. The Morgan fingerprint density at radius 3 is 1.56 bits per heavy atom. The zero-order chi connectivity index (χ0) is 21.3. The van der Waals surface area contributed by atoms with Gasteiger partial charge in [0.1, 0.15) is 0 Å². The fraction of sp³-hybridized carbons (Fsp3) is 0. The van der Waals surface area contributed by atoms with Gasteiger partial charge in [0.05, 0.1) is 28.4 Å². The number of anilines is 6. The average Bonchev–Trinajstić information content (AvgIpc) is 2.88. The summed E-state index contributed by atoms with van der Waals surface area (Å²) >= 11 is 0. The summed E-state index contributed by atoms with van der Waals surface area (Å²) in [5, 5.41) is 0. The molecule has 1 aromatic heterocycles. The summed E-state index contributed by atoms with van der Waals surface area (Å²) in [6.07, 6.45) is 1.84. The standard InChI is InChI=1S/C29H21N3/c1-2-12-23(13-3-1)31-26-16-4-6-18-28(26)32(29-19-7-5-17-27(29)31)24-14-10-11-22(21-24)25-15-8-9-20-30-25/h1-21H. The Balaban J connectivity index is 1.57. The summed E-state index contributed by atoms with van der Waals surface area (Å²) < 4.78 is 0. The summed E-state index contributed by atoms with van der Waals surface area (Å²) in [7, 11) is 0. The lowest BCUT2D eigenvalue weighted by atomic mass is 10.0. The highest BCUT2D eigenvalue weighted by Crippen LogP contribution is 2.53. The van der Waals surface area contributed by atoms with E-state index < -0.39 is 0 Å². The van der Waals surface area contributed by atoms with Gasteiger partial charge in [0.25, 0.3) is 0 Å². The molecule has 152 valence electrons. The van der Waals surface area contributed by atoms with E-state index in [-0.39, 0.29) is 0 Å². The van der Waals surface area contributed by atoms with Gasteiger partial charge in [-0.3, -0.25) is 4.98 Å². The Kier molecular flexibility index (Phi) is 4.43. The summed E-state index contributed by atoms with van der Waals surface area (Å²) in [6, 6.07) is 42.3. The third-order valence-electron chi connectivity index (χ3n) is 5.81. The molecule has 0 radical (unpaired) electrons. The van der Waals surface area contributed by atoms with Crippen molar-refractivity contribution in [3.8, 4) is 11.3 Å². The fourth-order valence-corrected chi connectivity index (χ4v) is 4.42. The van der Waals surface area contributed by atoms with Crippen molar-refractivity contribution < 1.29 is 0 Å². The van der Waals surface area contributed by atoms with Crippen LogP contribution in [0.1, 0.15) is 0 Å². The highest BCUT2D eigenvalue weighted by molar-refractivity contribution is 6.01. The first-order valence-electron chi connectivity index (χ1n) is 10.7. The third kappa shape index (κ3) is 3.03. The normalized spacial score (nSPS) is 12.2. The van der Waals surface area contributed by atoms with Crippen LogP contribution < -0.4 is 9.80 Å². The monoisotopic (exact) mass is 411 g/mol. The van der Waals surface area contributed by atoms with Crippen molar-refractivity contribution in [3.05, 3.63) is 128 Å². The summed E-state index contributed by atoms with van der Waals surface area (Å²) in [4.78, 5) is 9.23. The largest absolute Gasteiger partial charge is 0.306 e. The molecule has 6 rings (SSSR count). The van der Waals surface area contributed by atoms with Crippen molar-refractivity contribution in [1.29, 1.82) is 0 Å². The van der Waals surface area contributed by atoms with Crippen LogP contribution in [0.15, 0.2) is 128 Å². The van der Waals surface area contributed by atoms with Crippen molar-refractivity contribution in [2.45, 2.75) is 0 Å². The van der Waals surface area contributed by atoms with E-state index in [1.165, 1.54) is 0 Å². The van der Waals surface area contributed by atoms with Crippen LogP contribution in [0.25, 0.3) is 11.3 Å². The summed E-state index contributed by atoms with van der Waals surface area (Å²) in [5.41, 5.74) is 8.93. The van der Waals surface area contributed by atoms with Crippen LogP contribution in [0.5, 0.6) is 0 Å². The van der Waals surface area contributed by atoms with E-state index in [9.17, 15) is 0 Å². The molecule has 1 aliphatic heterocycles. The quantitative estimate of drug-likeness (QED) is 0.294. The molecule has 0 N–H and O–H groups in total. The van der Waals surface area contributed by atoms with Gasteiger partial charge in [0, 0.05) is 23.1 Å². The lowest BCUT2D eigenvalue weighted by molar-refractivity contribution is 1.17. The summed E-state index contributed by atoms with van der Waals surface area (Å²) in [6.45, 7) is 0. The minimum Gasteiger partial charge on any atom is -0.306 e. The van der Waals surface area contributed by atoms with E-state index in [1.54, 1.807) is 0 Å². The number of fused-ring (bicyclic) bond motifs is 2. The molecule has 5 aromatic rings. The number of para-hydroxylation sites is 5. The van der Waals surface area contributed by atoms with Crippen molar-refractivity contribution in [3.63, 3.8) is 0 Å². The van der Waals surface area contributed by atoms with E-state index in [0.717, 1.165) is 45.4 Å². The van der Waals surface area contributed by atoms with Gasteiger partial charge in [-0.1, -0.05) is 60.7 Å². The molecule has 0 amide bonds. The Labute approximate surface area is 187 Å². The molecule has 1 aliphatic rings. The topological polar surface area (TPSA) is 19.4 Å². The predicted molar refractivity (Wildman–Crippen MR) is 133 cm³/mol. The highest BCUT2D eigenvalue weighted by atomic mass is 15.3. The molecule has 3 heteroatoms. The Hall–Kier alpha value is -4.37. The molecule has 0 unspecified atom stereocenters. The number of benzene rings is 4. The smallest absolute Gasteiger partial charge is 0.0703 e. The van der Waals surface area contributed by atoms with Gasteiger partial charge in [-0.2, -0.15) is 0 Å². The van der Waals surface area contributed by atoms with Gasteiger partial charge in [-0.25, -0.2) is 0 Å². The summed E-state index contributed by atoms with van der Waals surface area (Å²) in [5.74, 6) is 0. The van der Waals surface area contributed by atoms with E-state index >= 15 is 0 Å². The predicted octanol–water partition coefficient (Wildman–Crippen LogP) is 8.00. The van der Waals surface area contributed by atoms with Crippen LogP contribution in [0.2, 0.25) is 0 Å². The Morgan fingerprint density at radius 1 is 0.438 bits per heavy atom. The third-order valence-corrected chi connectivity index (χ3v) is 5.81. The number of hydrogen-bond donors (Lipinski definition) is 0. The van der Waals surface area contributed by atoms with E-state index in [1.807, 2.05) is 24.4 Å². The Bertz CT molecular complexity index is 1330. The maximum Gasteiger partial charge on any atom is 0.0703 e. The van der Waals surface area contributed by atoms with Crippen molar-refractivity contribution in [2.24, 2.45) is 0 Å². The van der Waals surface area contributed by atoms with Gasteiger partial charge in [0.2, 0.25) is 0 Å². The van der Waals surface area contributed by atoms with Crippen molar-refractivity contribution in [2.75, 3.05) is 9.80 Å². The number of pyridine rings is 1. The first-order valence-corrected chi connectivity index (χ1v) is 10.7. The number of hydrogen-bond acceptors (Lipinski definition) is 3. The molecule has 4 aromatic carbocycles. The molecule has 32 heavy (non-hydrogen) atoms. The molecule has 0 aliphatic carbocycles. The van der Waals surface area contributed by atoms with E-state index in [4.69, 9.17) is 0 Å². The fourth-order valence-electron chi connectivity index (χ4n) is 4.42. The van der Waals surface area contributed by atoms with Gasteiger partial charge in [0.15, 0.2) is 0 Å². The number of rotatable bonds is 3. The molecule has 0 saturated carbocycles. The molecule has 0 fully saturated rings. The van der Waals surface area contributed by atoms with E-state index in [0.29, 0.717) is 0 Å². The zero-order valence-electron chi connectivity index (χ0n) is 17.5. The maximum absolute atomic E-state index is 4.55. The molecule has 0 saturated heterocycles. The zero-order valence-corrected chi connectivity index (χ0v) is 17.5. The number of aromatic nitrogens is 1. The lowest BCUT2D eigenvalue weighted by Crippen LogP contribution is -2.23. The van der Waals surface area contributed by atoms with Crippen LogP contribution in [-0.4, -0.2) is 4.98 Å². The molecule has 0 atom stereocenters. The second kappa shape index (κ2) is 7.71. The van der Waals surface area contributed by atoms with Gasteiger partial charge in [-0.05, 0) is 60.7 Å². The van der Waals surface area contributed by atoms with Crippen LogP contribution in [0, 0.1) is 0 Å². The SMILES string of the molecule is c1ccc(N2c3ccccc3N(c3cccc(-c4ccccn4)c3)c3ccccc32)cc1. The first-order chi connectivity index (χ1) is 15.9. The van der Waals surface area contributed by atoms with Crippen LogP contribution >= 0.6 is 0 Å². The Morgan fingerprint density at radius 2 is 0.969 bits per heavy atom. The molecule has 0 bridgehead atoms. The second-order valence-corrected chi connectivity index (χ2v) is 7.75. The maximum atomic E-state index is 4.55. The van der Waals surface area contributed by atoms with Gasteiger partial charge in [-0.15, -0.1) is 0 Å². The molecular formula is C29H21N3. The van der Waals surface area contributed by atoms with Gasteiger partial charge >= 0.3 is 0 Å². The molecule has 3 nitrogen and oxygen atoms in total. The molecular weight excluding hydrogens is 390 g/mol. The minimum absolute atomic E-state index is 0.971. The second-order valence-electron chi connectivity index (χ2n) is 7.75. The number of nitrogens with zero attached hydrogens (tertiary/aromatic N) is 3. The lowest BCUT2D eigenvalue weighted by Gasteiger charge is -2.40. The van der Waals surface area contributed by atoms with Gasteiger partial charge < -0.3 is 9.80 Å². The average molecular weight is 412 g/mol. The first kappa shape index (κ1) is 18.4. The van der Waals surface area contributed by atoms with Crippen molar-refractivity contribution >= 4 is 34.1 Å². The van der Waals surface area contributed by atoms with Crippen LogP contribution in [0.4, 0.5) is 34.1 Å². The van der Waals surface area contributed by atoms with Crippen molar-refractivity contribution in [1.82, 2.24) is 4.98 Å². The molecule has 2 heterocycles. The van der Waals surface area contributed by atoms with Crippen LogP contribution in [-0.2, 0) is 0 Å². The van der Waals surface area contributed by atoms with E-state index in [2.05, 4.69) is 118 Å². The highest BCUT2D eigenvalue weighted by Gasteiger charge is 2.29. The minimum atomic E-state index is 0.971. The van der Waals surface area contributed by atoms with Crippen LogP contribution in [0.3, 0.4) is 0 Å².